The van der Waals surface area contributed by atoms with E-state index in [1.54, 1.807) is 6.20 Å². The van der Waals surface area contributed by atoms with Crippen molar-refractivity contribution in [3.8, 4) is 0 Å². The molecule has 0 atom stereocenters. The van der Waals surface area contributed by atoms with Gasteiger partial charge in [-0.15, -0.1) is 0 Å². The number of hydrogen-bond acceptors (Lipinski definition) is 7. The van der Waals surface area contributed by atoms with Gasteiger partial charge >= 0.3 is 0 Å². The molecular weight excluding hydrogens is 444 g/mol. The molecule has 8 nitrogen and oxygen atoms in total. The predicted octanol–water partition coefficient (Wildman–Crippen LogP) is 5.49. The van der Waals surface area contributed by atoms with Crippen LogP contribution in [0.25, 0.3) is 11.0 Å². The van der Waals surface area contributed by atoms with E-state index in [0.717, 1.165) is 16.8 Å². The van der Waals surface area contributed by atoms with E-state index in [9.17, 15) is 0 Å². The molecule has 0 spiro atoms. The number of aryl methyl sites for hydroxylation is 1. The number of nitrogens with one attached hydrogen (secondary N) is 1. The number of nitrogens with zero attached hydrogens (tertiary/aromatic N) is 5. The average Bonchev–Trinajstić information content (AvgIpc) is 3.03. The van der Waals surface area contributed by atoms with Gasteiger partial charge < -0.3 is 14.5 Å². The van der Waals surface area contributed by atoms with Crippen molar-refractivity contribution in [3.05, 3.63) is 34.9 Å². The molecule has 0 amide bonds. The van der Waals surface area contributed by atoms with Crippen LogP contribution >= 0.6 is 11.6 Å². The molecule has 0 aliphatic rings. The molecule has 1 N–H and O–H groups in total. The summed E-state index contributed by atoms with van der Waals surface area (Å²) in [6, 6.07) is 3.89. The number of hydrogen-bond donors (Lipinski definition) is 1. The van der Waals surface area contributed by atoms with Crippen LogP contribution in [0.5, 0.6) is 0 Å². The molecule has 0 saturated heterocycles. The van der Waals surface area contributed by atoms with Gasteiger partial charge in [-0.1, -0.05) is 20.8 Å². The summed E-state index contributed by atoms with van der Waals surface area (Å²) in [5.74, 6) is 1.23. The SMILES string of the molecule is CCOCCn1nc(CO[Si](C)(C)C(C)(C)C)c2nc(Cl)nc(Nc3cc(C)ccn3)c21. The van der Waals surface area contributed by atoms with E-state index in [1.807, 2.05) is 30.7 Å². The van der Waals surface area contributed by atoms with Gasteiger partial charge in [-0.25, -0.2) is 9.97 Å². The van der Waals surface area contributed by atoms with Gasteiger partial charge in [-0.3, -0.25) is 4.68 Å². The molecule has 3 rings (SSSR count). The van der Waals surface area contributed by atoms with E-state index >= 15 is 0 Å². The van der Waals surface area contributed by atoms with Gasteiger partial charge in [-0.2, -0.15) is 10.1 Å². The number of aromatic nitrogens is 5. The Balaban J connectivity index is 2.04. The first-order valence-corrected chi connectivity index (χ1v) is 14.1. The van der Waals surface area contributed by atoms with Crippen LogP contribution in [0.15, 0.2) is 18.3 Å². The first kappa shape index (κ1) is 24.6. The monoisotopic (exact) mass is 476 g/mol. The second-order valence-corrected chi connectivity index (χ2v) is 14.4. The second-order valence-electron chi connectivity index (χ2n) is 9.30. The van der Waals surface area contributed by atoms with Crippen LogP contribution in [-0.4, -0.2) is 46.3 Å². The van der Waals surface area contributed by atoms with E-state index in [-0.39, 0.29) is 10.3 Å². The van der Waals surface area contributed by atoms with E-state index in [2.05, 4.69) is 54.1 Å². The fraction of sp³-hybridized carbons (Fsp3) is 0.545. The van der Waals surface area contributed by atoms with Crippen LogP contribution < -0.4 is 5.32 Å². The van der Waals surface area contributed by atoms with Crippen molar-refractivity contribution in [2.45, 2.75) is 65.9 Å². The number of fused-ring (bicyclic) bond motifs is 1. The Morgan fingerprint density at radius 3 is 2.62 bits per heavy atom. The largest absolute Gasteiger partial charge is 0.411 e. The van der Waals surface area contributed by atoms with Crippen LogP contribution in [0.4, 0.5) is 11.6 Å². The first-order chi connectivity index (χ1) is 15.0. The van der Waals surface area contributed by atoms with Gasteiger partial charge in [-0.05, 0) is 61.3 Å². The maximum Gasteiger partial charge on any atom is 0.225 e. The standard InChI is InChI=1S/C22H33ClN6O2Si/c1-8-30-12-11-29-19-18(16(28-29)14-31-32(6,7)22(3,4)5)26-21(23)27-20(19)25-17-13-15(2)9-10-24-17/h9-10,13H,8,11-12,14H2,1-7H3,(H,24,25,26,27). The highest BCUT2D eigenvalue weighted by Gasteiger charge is 2.37. The zero-order valence-electron chi connectivity index (χ0n) is 20.0. The molecule has 3 aromatic rings. The molecule has 0 aromatic carbocycles. The van der Waals surface area contributed by atoms with Gasteiger partial charge in [0.2, 0.25) is 5.28 Å². The lowest BCUT2D eigenvalue weighted by molar-refractivity contribution is 0.137. The van der Waals surface area contributed by atoms with E-state index in [0.29, 0.717) is 43.5 Å². The van der Waals surface area contributed by atoms with E-state index in [4.69, 9.17) is 25.9 Å². The van der Waals surface area contributed by atoms with Crippen molar-refractivity contribution in [1.29, 1.82) is 0 Å². The van der Waals surface area contributed by atoms with E-state index in [1.165, 1.54) is 0 Å². The molecule has 0 aliphatic heterocycles. The zero-order chi connectivity index (χ0) is 23.5. The summed E-state index contributed by atoms with van der Waals surface area (Å²) in [7, 11) is -1.97. The third-order valence-corrected chi connectivity index (χ3v) is 10.5. The fourth-order valence-electron chi connectivity index (χ4n) is 2.95. The van der Waals surface area contributed by atoms with Crippen LogP contribution in [0.3, 0.4) is 0 Å². The smallest absolute Gasteiger partial charge is 0.225 e. The Morgan fingerprint density at radius 1 is 1.22 bits per heavy atom. The molecule has 10 heteroatoms. The van der Waals surface area contributed by atoms with Gasteiger partial charge in [0.25, 0.3) is 0 Å². The predicted molar refractivity (Wildman–Crippen MR) is 131 cm³/mol. The average molecular weight is 477 g/mol. The van der Waals surface area contributed by atoms with Crippen molar-refractivity contribution in [3.63, 3.8) is 0 Å². The van der Waals surface area contributed by atoms with Crippen molar-refractivity contribution in [2.75, 3.05) is 18.5 Å². The molecule has 174 valence electrons. The lowest BCUT2D eigenvalue weighted by atomic mass is 10.2. The number of ether oxygens (including phenoxy) is 1. The fourth-order valence-corrected chi connectivity index (χ4v) is 4.05. The number of pyridine rings is 1. The summed E-state index contributed by atoms with van der Waals surface area (Å²) in [6.07, 6.45) is 1.75. The van der Waals surface area contributed by atoms with E-state index < -0.39 is 8.32 Å². The van der Waals surface area contributed by atoms with Gasteiger partial charge in [0.1, 0.15) is 22.5 Å². The third kappa shape index (κ3) is 5.64. The van der Waals surface area contributed by atoms with Crippen LogP contribution in [0.2, 0.25) is 23.4 Å². The zero-order valence-corrected chi connectivity index (χ0v) is 21.7. The summed E-state index contributed by atoms with van der Waals surface area (Å²) in [5.41, 5.74) is 3.26. The normalized spacial score (nSPS) is 12.5. The minimum Gasteiger partial charge on any atom is -0.411 e. The highest BCUT2D eigenvalue weighted by molar-refractivity contribution is 6.74. The third-order valence-electron chi connectivity index (χ3n) is 5.82. The van der Waals surface area contributed by atoms with Crippen LogP contribution in [0, 0.1) is 6.92 Å². The molecule has 3 aromatic heterocycles. The number of rotatable bonds is 9. The molecule has 32 heavy (non-hydrogen) atoms. The molecule has 0 radical (unpaired) electrons. The maximum absolute atomic E-state index is 6.44. The molecule has 0 bridgehead atoms. The Morgan fingerprint density at radius 2 is 1.97 bits per heavy atom. The number of anilines is 2. The molecule has 0 fully saturated rings. The summed E-state index contributed by atoms with van der Waals surface area (Å²) in [5, 5.41) is 8.35. The molecular formula is C22H33ClN6O2Si. The Hall–Kier alpha value is -2.07. The Labute approximate surface area is 195 Å². The first-order valence-electron chi connectivity index (χ1n) is 10.9. The van der Waals surface area contributed by atoms with Crippen molar-refractivity contribution >= 4 is 42.6 Å². The highest BCUT2D eigenvalue weighted by atomic mass is 35.5. The Kier molecular flexibility index (Phi) is 7.54. The summed E-state index contributed by atoms with van der Waals surface area (Å²) >= 11 is 6.32. The molecule has 0 saturated carbocycles. The topological polar surface area (TPSA) is 87.0 Å². The molecule has 0 unspecified atom stereocenters. The van der Waals surface area contributed by atoms with Crippen LogP contribution in [0.1, 0.15) is 39.0 Å². The summed E-state index contributed by atoms with van der Waals surface area (Å²) < 4.78 is 13.9. The van der Waals surface area contributed by atoms with Crippen molar-refractivity contribution in [2.24, 2.45) is 0 Å². The maximum atomic E-state index is 6.44. The number of halogens is 1. The van der Waals surface area contributed by atoms with Crippen molar-refractivity contribution in [1.82, 2.24) is 24.7 Å². The van der Waals surface area contributed by atoms with Crippen molar-refractivity contribution < 1.29 is 9.16 Å². The lowest BCUT2D eigenvalue weighted by Crippen LogP contribution is -2.40. The van der Waals surface area contributed by atoms with Gasteiger partial charge in [0, 0.05) is 12.8 Å². The minimum atomic E-state index is -1.97. The highest BCUT2D eigenvalue weighted by Crippen LogP contribution is 2.37. The summed E-state index contributed by atoms with van der Waals surface area (Å²) in [6.45, 7) is 17.2. The Bertz CT molecular complexity index is 1080. The second kappa shape index (κ2) is 9.82. The van der Waals surface area contributed by atoms with Gasteiger partial charge in [0.05, 0.1) is 19.8 Å². The molecule has 3 heterocycles. The molecule has 0 aliphatic carbocycles. The minimum absolute atomic E-state index is 0.0938. The summed E-state index contributed by atoms with van der Waals surface area (Å²) in [4.78, 5) is 13.3. The lowest BCUT2D eigenvalue weighted by Gasteiger charge is -2.35. The quantitative estimate of drug-likeness (QED) is 0.248. The van der Waals surface area contributed by atoms with Crippen LogP contribution in [-0.2, 0) is 22.3 Å². The van der Waals surface area contributed by atoms with Gasteiger partial charge in [0.15, 0.2) is 14.1 Å².